The van der Waals surface area contributed by atoms with E-state index >= 15 is 0 Å². The summed E-state index contributed by atoms with van der Waals surface area (Å²) in [6.07, 6.45) is 0.828. The van der Waals surface area contributed by atoms with Crippen LogP contribution in [-0.4, -0.2) is 21.9 Å². The molecule has 0 bridgehead atoms. The van der Waals surface area contributed by atoms with Gasteiger partial charge in [-0.05, 0) is 35.7 Å². The molecule has 4 rings (SSSR count). The summed E-state index contributed by atoms with van der Waals surface area (Å²) in [5.74, 6) is 1.19. The van der Waals surface area contributed by atoms with Crippen molar-refractivity contribution in [3.63, 3.8) is 0 Å². The normalized spacial score (nSPS) is 22.6. The molecule has 1 aliphatic heterocycles. The van der Waals surface area contributed by atoms with Gasteiger partial charge in [-0.2, -0.15) is 0 Å². The molecule has 20 heavy (non-hydrogen) atoms. The zero-order valence-corrected chi connectivity index (χ0v) is 10.7. The summed E-state index contributed by atoms with van der Waals surface area (Å²) in [6.45, 7) is 0.581. The lowest BCUT2D eigenvalue weighted by Crippen LogP contribution is -2.23. The maximum absolute atomic E-state index is 9.74. The zero-order valence-electron chi connectivity index (χ0n) is 10.7. The lowest BCUT2D eigenvalue weighted by Gasteiger charge is -2.29. The lowest BCUT2D eigenvalue weighted by atomic mass is 9.84. The van der Waals surface area contributed by atoms with Crippen LogP contribution in [0.1, 0.15) is 22.6 Å². The quantitative estimate of drug-likeness (QED) is 0.643. The van der Waals surface area contributed by atoms with Crippen molar-refractivity contribution in [3.8, 4) is 23.0 Å². The fourth-order valence-corrected chi connectivity index (χ4v) is 3.44. The molecule has 2 aliphatic rings. The van der Waals surface area contributed by atoms with Crippen molar-refractivity contribution in [2.24, 2.45) is 5.92 Å². The Morgan fingerprint density at radius 2 is 1.75 bits per heavy atom. The third-order valence-corrected chi connectivity index (χ3v) is 4.31. The number of phenols is 3. The molecule has 0 radical (unpaired) electrons. The van der Waals surface area contributed by atoms with E-state index in [4.69, 9.17) is 4.74 Å². The van der Waals surface area contributed by atoms with E-state index in [1.165, 1.54) is 0 Å². The van der Waals surface area contributed by atoms with E-state index in [0.29, 0.717) is 18.3 Å². The zero-order chi connectivity index (χ0) is 13.9. The Bertz CT molecular complexity index is 708. The van der Waals surface area contributed by atoms with Crippen LogP contribution in [0.2, 0.25) is 0 Å². The van der Waals surface area contributed by atoms with Gasteiger partial charge in [-0.3, -0.25) is 0 Å². The summed E-state index contributed by atoms with van der Waals surface area (Å²) >= 11 is 0. The number of hydrogen-bond donors (Lipinski definition) is 3. The first kappa shape index (κ1) is 11.5. The van der Waals surface area contributed by atoms with E-state index in [0.717, 1.165) is 23.1 Å². The van der Waals surface area contributed by atoms with Gasteiger partial charge in [-0.25, -0.2) is 0 Å². The maximum atomic E-state index is 9.74. The van der Waals surface area contributed by atoms with Crippen LogP contribution in [0.15, 0.2) is 30.3 Å². The minimum absolute atomic E-state index is 0.0748. The first-order valence-electron chi connectivity index (χ1n) is 6.64. The SMILES string of the molecule is Oc1ccc2c(c1)OC[C@H]1Cc3cc(O)c(O)cc3[C@@H]21. The smallest absolute Gasteiger partial charge is 0.157 e. The van der Waals surface area contributed by atoms with Crippen molar-refractivity contribution < 1.29 is 20.1 Å². The van der Waals surface area contributed by atoms with E-state index in [9.17, 15) is 15.3 Å². The topological polar surface area (TPSA) is 69.9 Å². The number of ether oxygens (including phenoxy) is 1. The highest BCUT2D eigenvalue weighted by atomic mass is 16.5. The molecule has 0 spiro atoms. The summed E-state index contributed by atoms with van der Waals surface area (Å²) in [6, 6.07) is 8.45. The highest BCUT2D eigenvalue weighted by Gasteiger charge is 2.39. The number of aromatic hydroxyl groups is 3. The van der Waals surface area contributed by atoms with Gasteiger partial charge in [-0.15, -0.1) is 0 Å². The molecule has 4 nitrogen and oxygen atoms in total. The molecule has 102 valence electrons. The molecule has 1 aliphatic carbocycles. The second-order valence-corrected chi connectivity index (χ2v) is 5.51. The number of hydrogen-bond acceptors (Lipinski definition) is 4. The summed E-state index contributed by atoms with van der Waals surface area (Å²) in [4.78, 5) is 0. The van der Waals surface area contributed by atoms with Crippen LogP contribution in [0, 0.1) is 5.92 Å². The molecule has 0 aromatic heterocycles. The molecular weight excluding hydrogens is 256 g/mol. The maximum Gasteiger partial charge on any atom is 0.157 e. The Kier molecular flexibility index (Phi) is 2.19. The van der Waals surface area contributed by atoms with Gasteiger partial charge < -0.3 is 20.1 Å². The van der Waals surface area contributed by atoms with Gasteiger partial charge in [0.2, 0.25) is 0 Å². The summed E-state index contributed by atoms with van der Waals surface area (Å²) in [5.41, 5.74) is 3.13. The Balaban J connectivity index is 1.90. The summed E-state index contributed by atoms with van der Waals surface area (Å²) in [7, 11) is 0. The Hall–Kier alpha value is -2.36. The van der Waals surface area contributed by atoms with Gasteiger partial charge in [0.15, 0.2) is 11.5 Å². The fraction of sp³-hybridized carbons (Fsp3) is 0.250. The first-order chi connectivity index (χ1) is 9.63. The van der Waals surface area contributed by atoms with E-state index in [1.807, 2.05) is 6.07 Å². The fourth-order valence-electron chi connectivity index (χ4n) is 3.44. The monoisotopic (exact) mass is 270 g/mol. The Morgan fingerprint density at radius 3 is 2.60 bits per heavy atom. The van der Waals surface area contributed by atoms with Gasteiger partial charge in [0.25, 0.3) is 0 Å². The highest BCUT2D eigenvalue weighted by Crippen LogP contribution is 2.50. The standard InChI is InChI=1S/C16H14O4/c17-10-1-2-11-15(5-10)20-7-9-3-8-4-13(18)14(19)6-12(8)16(9)11/h1-2,4-6,9,16-19H,3,7H2/t9-,16-/m1/s1. The molecular formula is C16H14O4. The van der Waals surface area contributed by atoms with Crippen LogP contribution in [0.4, 0.5) is 0 Å². The predicted molar refractivity (Wildman–Crippen MR) is 72.4 cm³/mol. The molecule has 0 unspecified atom stereocenters. The van der Waals surface area contributed by atoms with E-state index < -0.39 is 0 Å². The number of fused-ring (bicyclic) bond motifs is 5. The molecule has 2 atom stereocenters. The van der Waals surface area contributed by atoms with Crippen molar-refractivity contribution in [1.29, 1.82) is 0 Å². The summed E-state index contributed by atoms with van der Waals surface area (Å²) in [5, 5.41) is 28.9. The average Bonchev–Trinajstić information content (AvgIpc) is 2.77. The van der Waals surface area contributed by atoms with Crippen LogP contribution in [0.5, 0.6) is 23.0 Å². The van der Waals surface area contributed by atoms with Crippen LogP contribution in [0.25, 0.3) is 0 Å². The molecule has 2 aromatic rings. The molecule has 0 saturated heterocycles. The molecule has 0 amide bonds. The molecule has 2 aromatic carbocycles. The second-order valence-electron chi connectivity index (χ2n) is 5.51. The molecule has 0 saturated carbocycles. The van der Waals surface area contributed by atoms with Crippen LogP contribution in [0.3, 0.4) is 0 Å². The van der Waals surface area contributed by atoms with Gasteiger partial charge in [0.1, 0.15) is 11.5 Å². The van der Waals surface area contributed by atoms with Gasteiger partial charge in [0, 0.05) is 23.5 Å². The minimum atomic E-state index is -0.0868. The van der Waals surface area contributed by atoms with Gasteiger partial charge in [-0.1, -0.05) is 6.07 Å². The van der Waals surface area contributed by atoms with Crippen LogP contribution in [-0.2, 0) is 6.42 Å². The van der Waals surface area contributed by atoms with Crippen molar-refractivity contribution in [2.45, 2.75) is 12.3 Å². The van der Waals surface area contributed by atoms with E-state index in [-0.39, 0.29) is 23.2 Å². The molecule has 3 N–H and O–H groups in total. The number of phenolic OH excluding ortho intramolecular Hbond substituents is 3. The Morgan fingerprint density at radius 1 is 0.950 bits per heavy atom. The Labute approximate surface area is 115 Å². The van der Waals surface area contributed by atoms with Crippen LogP contribution < -0.4 is 4.74 Å². The number of rotatable bonds is 0. The average molecular weight is 270 g/mol. The largest absolute Gasteiger partial charge is 0.508 e. The predicted octanol–water partition coefficient (Wildman–Crippen LogP) is 2.50. The third kappa shape index (κ3) is 1.48. The minimum Gasteiger partial charge on any atom is -0.508 e. The van der Waals surface area contributed by atoms with Crippen molar-refractivity contribution in [2.75, 3.05) is 6.61 Å². The van der Waals surface area contributed by atoms with Crippen LogP contribution >= 0.6 is 0 Å². The second kappa shape index (κ2) is 3.82. The van der Waals surface area contributed by atoms with Crippen molar-refractivity contribution in [1.82, 2.24) is 0 Å². The van der Waals surface area contributed by atoms with E-state index in [1.54, 1.807) is 24.3 Å². The van der Waals surface area contributed by atoms with E-state index in [2.05, 4.69) is 0 Å². The highest BCUT2D eigenvalue weighted by molar-refractivity contribution is 5.56. The summed E-state index contributed by atoms with van der Waals surface area (Å²) < 4.78 is 5.72. The van der Waals surface area contributed by atoms with Crippen molar-refractivity contribution >= 4 is 0 Å². The molecule has 1 heterocycles. The lowest BCUT2D eigenvalue weighted by molar-refractivity contribution is 0.214. The first-order valence-corrected chi connectivity index (χ1v) is 6.64. The molecule has 0 fully saturated rings. The van der Waals surface area contributed by atoms with Gasteiger partial charge >= 0.3 is 0 Å². The van der Waals surface area contributed by atoms with Gasteiger partial charge in [0.05, 0.1) is 6.61 Å². The van der Waals surface area contributed by atoms with Crippen molar-refractivity contribution in [3.05, 3.63) is 47.0 Å². The number of benzene rings is 2. The molecule has 4 heteroatoms. The third-order valence-electron chi connectivity index (χ3n) is 4.31.